The maximum absolute atomic E-state index is 13.5. The SMILES string of the molecule is NCC#Cc1cnccc1C(=O)NCc1ccccc1F. The summed E-state index contributed by atoms with van der Waals surface area (Å²) in [6, 6.07) is 7.86. The molecule has 106 valence electrons. The van der Waals surface area contributed by atoms with Crippen LogP contribution in [0.4, 0.5) is 4.39 Å². The van der Waals surface area contributed by atoms with Crippen LogP contribution in [0, 0.1) is 17.7 Å². The molecule has 4 nitrogen and oxygen atoms in total. The van der Waals surface area contributed by atoms with E-state index in [1.54, 1.807) is 24.3 Å². The van der Waals surface area contributed by atoms with E-state index in [0.29, 0.717) is 16.7 Å². The van der Waals surface area contributed by atoms with Gasteiger partial charge in [-0.15, -0.1) is 0 Å². The minimum absolute atomic E-state index is 0.109. The molecule has 0 aliphatic rings. The molecule has 0 aliphatic heterocycles. The van der Waals surface area contributed by atoms with Gasteiger partial charge in [-0.2, -0.15) is 0 Å². The highest BCUT2D eigenvalue weighted by Crippen LogP contribution is 2.08. The van der Waals surface area contributed by atoms with E-state index < -0.39 is 0 Å². The Kier molecular flexibility index (Phi) is 5.02. The second-order valence-electron chi connectivity index (χ2n) is 4.20. The van der Waals surface area contributed by atoms with E-state index in [9.17, 15) is 9.18 Å². The first-order chi connectivity index (χ1) is 10.2. The average molecular weight is 283 g/mol. The van der Waals surface area contributed by atoms with E-state index >= 15 is 0 Å². The third-order valence-electron chi connectivity index (χ3n) is 2.79. The maximum Gasteiger partial charge on any atom is 0.252 e. The number of halogens is 1. The molecule has 0 spiro atoms. The molecule has 5 heteroatoms. The number of amides is 1. The molecule has 0 unspecified atom stereocenters. The molecule has 2 aromatic rings. The molecule has 0 fully saturated rings. The highest BCUT2D eigenvalue weighted by molar-refractivity contribution is 5.96. The fourth-order valence-electron chi connectivity index (χ4n) is 1.75. The van der Waals surface area contributed by atoms with E-state index in [1.807, 2.05) is 0 Å². The number of rotatable bonds is 3. The van der Waals surface area contributed by atoms with Crippen molar-refractivity contribution in [2.24, 2.45) is 5.73 Å². The number of nitrogens with one attached hydrogen (secondary N) is 1. The van der Waals surface area contributed by atoms with Crippen molar-refractivity contribution in [2.75, 3.05) is 6.54 Å². The van der Waals surface area contributed by atoms with Gasteiger partial charge < -0.3 is 11.1 Å². The van der Waals surface area contributed by atoms with E-state index in [0.717, 1.165) is 0 Å². The van der Waals surface area contributed by atoms with Crippen LogP contribution in [-0.4, -0.2) is 17.4 Å². The molecular weight excluding hydrogens is 269 g/mol. The summed E-state index contributed by atoms with van der Waals surface area (Å²) in [5.74, 6) is 4.79. The normalized spacial score (nSPS) is 9.62. The molecule has 0 atom stereocenters. The summed E-state index contributed by atoms with van der Waals surface area (Å²) in [5, 5.41) is 2.67. The van der Waals surface area contributed by atoms with Crippen LogP contribution in [0.15, 0.2) is 42.7 Å². The fraction of sp³-hybridized carbons (Fsp3) is 0.125. The second kappa shape index (κ2) is 7.17. The van der Waals surface area contributed by atoms with Gasteiger partial charge in [-0.25, -0.2) is 4.39 Å². The van der Waals surface area contributed by atoms with Crippen molar-refractivity contribution in [3.05, 3.63) is 65.2 Å². The second-order valence-corrected chi connectivity index (χ2v) is 4.20. The van der Waals surface area contributed by atoms with Crippen LogP contribution in [0.3, 0.4) is 0 Å². The Balaban J connectivity index is 2.12. The first-order valence-corrected chi connectivity index (χ1v) is 6.37. The molecule has 0 aliphatic carbocycles. The molecule has 1 aromatic carbocycles. The summed E-state index contributed by atoms with van der Waals surface area (Å²) in [4.78, 5) is 16.1. The quantitative estimate of drug-likeness (QED) is 0.838. The van der Waals surface area contributed by atoms with Crippen molar-refractivity contribution in [1.29, 1.82) is 0 Å². The van der Waals surface area contributed by atoms with E-state index in [4.69, 9.17) is 5.73 Å². The zero-order valence-corrected chi connectivity index (χ0v) is 11.3. The highest BCUT2D eigenvalue weighted by atomic mass is 19.1. The van der Waals surface area contributed by atoms with Gasteiger partial charge in [0.15, 0.2) is 0 Å². The summed E-state index contributed by atoms with van der Waals surface area (Å²) in [6.07, 6.45) is 3.01. The van der Waals surface area contributed by atoms with Gasteiger partial charge in [0, 0.05) is 24.5 Å². The number of hydrogen-bond donors (Lipinski definition) is 2. The average Bonchev–Trinajstić information content (AvgIpc) is 2.52. The topological polar surface area (TPSA) is 68.0 Å². The van der Waals surface area contributed by atoms with Gasteiger partial charge >= 0.3 is 0 Å². The zero-order valence-electron chi connectivity index (χ0n) is 11.3. The third kappa shape index (κ3) is 3.88. The number of pyridine rings is 1. The molecule has 0 radical (unpaired) electrons. The van der Waals surface area contributed by atoms with Gasteiger partial charge in [0.25, 0.3) is 5.91 Å². The Morgan fingerprint density at radius 1 is 1.33 bits per heavy atom. The summed E-state index contributed by atoms with van der Waals surface area (Å²) >= 11 is 0. The van der Waals surface area contributed by atoms with Gasteiger partial charge in [0.2, 0.25) is 0 Å². The van der Waals surface area contributed by atoms with E-state index in [2.05, 4.69) is 22.1 Å². The minimum atomic E-state index is -0.351. The highest BCUT2D eigenvalue weighted by Gasteiger charge is 2.10. The Labute approximate surface area is 122 Å². The summed E-state index contributed by atoms with van der Waals surface area (Å²) < 4.78 is 13.5. The van der Waals surface area contributed by atoms with Crippen molar-refractivity contribution >= 4 is 5.91 Å². The predicted molar refractivity (Wildman–Crippen MR) is 77.7 cm³/mol. The van der Waals surface area contributed by atoms with Gasteiger partial charge in [-0.3, -0.25) is 9.78 Å². The van der Waals surface area contributed by atoms with Gasteiger partial charge in [-0.05, 0) is 12.1 Å². The van der Waals surface area contributed by atoms with Crippen LogP contribution in [0.25, 0.3) is 0 Å². The minimum Gasteiger partial charge on any atom is -0.348 e. The maximum atomic E-state index is 13.5. The number of carbonyl (C=O) groups is 1. The number of nitrogens with two attached hydrogens (primary N) is 1. The van der Waals surface area contributed by atoms with E-state index in [1.165, 1.54) is 18.5 Å². The van der Waals surface area contributed by atoms with Crippen LogP contribution >= 0.6 is 0 Å². The van der Waals surface area contributed by atoms with Crippen LogP contribution in [0.5, 0.6) is 0 Å². The van der Waals surface area contributed by atoms with Crippen molar-refractivity contribution in [3.8, 4) is 11.8 Å². The Morgan fingerprint density at radius 3 is 2.90 bits per heavy atom. The van der Waals surface area contributed by atoms with Crippen LogP contribution < -0.4 is 11.1 Å². The van der Waals surface area contributed by atoms with Crippen molar-refractivity contribution in [1.82, 2.24) is 10.3 Å². The molecule has 0 bridgehead atoms. The first kappa shape index (κ1) is 14.7. The molecule has 1 heterocycles. The standard InChI is InChI=1S/C16H14FN3O/c17-15-6-2-1-4-13(15)11-20-16(21)14-7-9-19-10-12(14)5-3-8-18/h1-2,4,6-7,9-10H,8,11,18H2,(H,20,21). The predicted octanol–water partition coefficient (Wildman–Crippen LogP) is 1.46. The Hall–Kier alpha value is -2.71. The molecule has 0 saturated carbocycles. The molecule has 21 heavy (non-hydrogen) atoms. The molecular formula is C16H14FN3O. The van der Waals surface area contributed by atoms with E-state index in [-0.39, 0.29) is 24.8 Å². The largest absolute Gasteiger partial charge is 0.348 e. The number of hydrogen-bond acceptors (Lipinski definition) is 3. The number of benzene rings is 1. The van der Waals surface area contributed by atoms with Crippen molar-refractivity contribution in [2.45, 2.75) is 6.54 Å². The fourth-order valence-corrected chi connectivity index (χ4v) is 1.75. The van der Waals surface area contributed by atoms with Gasteiger partial charge in [0.05, 0.1) is 17.7 Å². The molecule has 3 N–H and O–H groups in total. The number of carbonyl (C=O) groups excluding carboxylic acids is 1. The molecule has 1 amide bonds. The molecule has 0 saturated heterocycles. The van der Waals surface area contributed by atoms with Crippen LogP contribution in [0.2, 0.25) is 0 Å². The molecule has 2 rings (SSSR count). The van der Waals surface area contributed by atoms with Crippen molar-refractivity contribution in [3.63, 3.8) is 0 Å². The first-order valence-electron chi connectivity index (χ1n) is 6.37. The van der Waals surface area contributed by atoms with Gasteiger partial charge in [-0.1, -0.05) is 30.0 Å². The smallest absolute Gasteiger partial charge is 0.252 e. The van der Waals surface area contributed by atoms with Crippen LogP contribution in [0.1, 0.15) is 21.5 Å². The van der Waals surface area contributed by atoms with Crippen LogP contribution in [-0.2, 0) is 6.54 Å². The lowest BCUT2D eigenvalue weighted by Crippen LogP contribution is -2.24. The Bertz CT molecular complexity index is 704. The lowest BCUT2D eigenvalue weighted by molar-refractivity contribution is 0.0950. The molecule has 1 aromatic heterocycles. The summed E-state index contributed by atoms with van der Waals surface area (Å²) in [7, 11) is 0. The zero-order chi connectivity index (χ0) is 15.1. The third-order valence-corrected chi connectivity index (χ3v) is 2.79. The number of aromatic nitrogens is 1. The van der Waals surface area contributed by atoms with Crippen molar-refractivity contribution < 1.29 is 9.18 Å². The monoisotopic (exact) mass is 283 g/mol. The summed E-state index contributed by atoms with van der Waals surface area (Å²) in [6.45, 7) is 0.308. The lowest BCUT2D eigenvalue weighted by atomic mass is 10.1. The Morgan fingerprint density at radius 2 is 2.14 bits per heavy atom. The lowest BCUT2D eigenvalue weighted by Gasteiger charge is -2.07. The number of nitrogens with zero attached hydrogens (tertiary/aromatic N) is 1. The summed E-state index contributed by atoms with van der Waals surface area (Å²) in [5.41, 5.74) is 6.63. The van der Waals surface area contributed by atoms with Gasteiger partial charge in [0.1, 0.15) is 5.82 Å².